The lowest BCUT2D eigenvalue weighted by Gasteiger charge is -2.24. The third-order valence-electron chi connectivity index (χ3n) is 12.8. The van der Waals surface area contributed by atoms with Crippen molar-refractivity contribution in [1.29, 1.82) is 0 Å². The molecule has 0 aliphatic carbocycles. The third kappa shape index (κ3) is 30.3. The number of aliphatic hydroxyl groups is 5. The van der Waals surface area contributed by atoms with Crippen LogP contribution in [0, 0.1) is 42.8 Å². The lowest BCUT2D eigenvalue weighted by molar-refractivity contribution is -0.155. The predicted molar refractivity (Wildman–Crippen MR) is 489 cm³/mol. The number of rotatable bonds is 28. The van der Waals surface area contributed by atoms with E-state index in [0.717, 1.165) is 0 Å². The second-order valence-corrected chi connectivity index (χ2v) is 34.5. The Balaban J connectivity index is 0.000000703. The van der Waals surface area contributed by atoms with Crippen LogP contribution >= 0.6 is 317 Å². The van der Waals surface area contributed by atoms with E-state index in [9.17, 15) is 77.6 Å². The molecule has 44 heteroatoms. The number of ether oxygens (including phenoxy) is 2. The molecule has 103 heavy (non-hydrogen) atoms. The number of nitrogen functional groups attached to an aromatic ring is 1. The Bertz CT molecular complexity index is 3920. The molecule has 0 heterocycles. The third-order valence-corrected chi connectivity index (χ3v) is 26.5. The number of halogens is 16. The van der Waals surface area contributed by atoms with E-state index in [4.69, 9.17) is 71.8 Å². The molecule has 0 saturated carbocycles. The second-order valence-electron chi connectivity index (χ2n) is 20.2. The zero-order valence-electron chi connectivity index (χ0n) is 54.0. The number of carbonyl (C=O) groups excluding carboxylic acids is 13. The largest absolute Gasteiger partial charge is 0.462 e. The van der Waals surface area contributed by atoms with Crippen LogP contribution in [0.2, 0.25) is 0 Å². The fourth-order valence-corrected chi connectivity index (χ4v) is 26.9. The van der Waals surface area contributed by atoms with Crippen LogP contribution in [0.15, 0.2) is 0 Å². The zero-order chi connectivity index (χ0) is 79.7. The molecule has 568 valence electrons. The minimum atomic E-state index is -1.11. The molecular weight excluding hydrogens is 2810 g/mol. The van der Waals surface area contributed by atoms with E-state index in [1.54, 1.807) is 27.7 Å². The molecule has 0 saturated heterocycles. The van der Waals surface area contributed by atoms with Crippen LogP contribution in [-0.4, -0.2) is 182 Å². The maximum Gasteiger partial charge on any atom is 0.303 e. The highest BCUT2D eigenvalue weighted by molar-refractivity contribution is 14.1. The van der Waals surface area contributed by atoms with Crippen LogP contribution < -0.4 is 37.6 Å². The lowest BCUT2D eigenvalue weighted by atomic mass is 10.1. The van der Waals surface area contributed by atoms with E-state index in [2.05, 4.69) is 31.9 Å². The van der Waals surface area contributed by atoms with E-state index < -0.39 is 94.2 Å². The van der Waals surface area contributed by atoms with E-state index >= 15 is 0 Å². The Hall–Kier alpha value is 0.310. The molecule has 4 unspecified atom stereocenters. The van der Waals surface area contributed by atoms with Gasteiger partial charge in [0.25, 0.3) is 44.6 Å². The van der Waals surface area contributed by atoms with Gasteiger partial charge in [0, 0.05) is 74.1 Å². The minimum Gasteiger partial charge on any atom is -0.462 e. The summed E-state index contributed by atoms with van der Waals surface area (Å²) < 4.78 is 15.1. The van der Waals surface area contributed by atoms with Crippen molar-refractivity contribution in [2.75, 3.05) is 74.7 Å². The summed E-state index contributed by atoms with van der Waals surface area (Å²) in [6.45, 7) is 7.64. The van der Waals surface area contributed by atoms with Crippen LogP contribution in [0.5, 0.6) is 0 Å². The smallest absolute Gasteiger partial charge is 0.303 e. The number of nitrogens with one attached hydrogen (secondary N) is 6. The normalized spacial score (nSPS) is 11.7. The van der Waals surface area contributed by atoms with Gasteiger partial charge in [0.15, 0.2) is 6.10 Å². The average molecular weight is 2870 g/mol. The number of hydrogen-bond donors (Lipinski definition) is 12. The van der Waals surface area contributed by atoms with Crippen molar-refractivity contribution in [3.05, 3.63) is 87.3 Å². The van der Waals surface area contributed by atoms with Gasteiger partial charge in [-0.2, -0.15) is 0 Å². The van der Waals surface area contributed by atoms with Crippen LogP contribution in [0.1, 0.15) is 150 Å². The number of likely N-dealkylation sites (N-methyl/N-ethyl adjacent to an activating group) is 1. The van der Waals surface area contributed by atoms with E-state index in [1.165, 1.54) is 25.8 Å². The molecule has 4 rings (SSSR count). The molecule has 4 aromatic carbocycles. The second kappa shape index (κ2) is 49.7. The van der Waals surface area contributed by atoms with E-state index in [1.807, 2.05) is 271 Å². The predicted octanol–water partition coefficient (Wildman–Crippen LogP) is 11.4. The first-order valence-corrected chi connectivity index (χ1v) is 43.2. The van der Waals surface area contributed by atoms with Crippen molar-refractivity contribution >= 4 is 415 Å². The number of nitrogens with zero attached hydrogens (tertiary/aromatic N) is 1. The summed E-state index contributed by atoms with van der Waals surface area (Å²) in [6, 6.07) is 0. The summed E-state index contributed by atoms with van der Waals surface area (Å²) in [6.07, 6.45) is -2.69. The van der Waals surface area contributed by atoms with Crippen molar-refractivity contribution in [2.24, 2.45) is 0 Å². The summed E-state index contributed by atoms with van der Waals surface area (Å²) in [7, 11) is 1.48. The number of aliphatic hydroxyl groups excluding tert-OH is 5. The summed E-state index contributed by atoms with van der Waals surface area (Å²) >= 11 is 45.1. The molecule has 0 bridgehead atoms. The summed E-state index contributed by atoms with van der Waals surface area (Å²) in [4.78, 5) is 157. The van der Waals surface area contributed by atoms with Crippen molar-refractivity contribution < 1.29 is 97.3 Å². The summed E-state index contributed by atoms with van der Waals surface area (Å²) in [5, 5.41) is 59.9. The molecule has 0 aromatic heterocycles. The number of benzene rings is 4. The van der Waals surface area contributed by atoms with Crippen LogP contribution in [-0.2, 0) is 33.4 Å². The Morgan fingerprint density at radius 3 is 1.02 bits per heavy atom. The zero-order valence-corrected chi connectivity index (χ0v) is 82.9. The van der Waals surface area contributed by atoms with Crippen molar-refractivity contribution in [3.8, 4) is 0 Å². The topological polar surface area (TPSA) is 443 Å². The molecule has 4 aromatic rings. The number of carbonyl (C=O) groups is 13. The van der Waals surface area contributed by atoms with Gasteiger partial charge in [-0.05, 0) is 324 Å². The first-order valence-electron chi connectivity index (χ1n) is 28.8. The van der Waals surface area contributed by atoms with E-state index in [-0.39, 0.29) is 114 Å². The molecule has 0 aliphatic rings. The van der Waals surface area contributed by atoms with Gasteiger partial charge < -0.3 is 77.5 Å². The molecule has 13 N–H and O–H groups in total. The number of hydrogen-bond acceptors (Lipinski definition) is 21. The SMILES string of the molecule is CCC(=O)Nc1c(I)c(C(=O)Cl)c(I)c(C(=O)NCC(COC(C)=O)OC(C)=O)c1I.CCC(=O)Nc1c(I)c(C(=O)Cl)c(I)c(C(=O)NCC(O)CO)c1I.CCC(=O)Nc1c(I)c(C(=O)NCC(O)CC)c(I)c(C(=O)N(C)CC(O)CO)c1I.Nc1c(I)c(C(=O)Cl)c(I)c(C(=O)Cl)c1I. The highest BCUT2D eigenvalue weighted by Crippen LogP contribution is 2.40. The number of esters is 2. The van der Waals surface area contributed by atoms with Crippen LogP contribution in [0.4, 0.5) is 22.7 Å². The monoisotopic (exact) mass is 2860 g/mol. The molecule has 0 radical (unpaired) electrons. The highest BCUT2D eigenvalue weighted by Gasteiger charge is 2.34. The summed E-state index contributed by atoms with van der Waals surface area (Å²) in [5.41, 5.74) is 8.53. The quantitative estimate of drug-likeness (QED) is 0.0109. The maximum absolute atomic E-state index is 13.2. The Labute approximate surface area is 773 Å². The van der Waals surface area contributed by atoms with Crippen molar-refractivity contribution in [1.82, 2.24) is 20.9 Å². The molecule has 28 nitrogen and oxygen atoms in total. The van der Waals surface area contributed by atoms with Gasteiger partial charge >= 0.3 is 11.9 Å². The molecular formula is C59H60Cl4I12N8O20. The summed E-state index contributed by atoms with van der Waals surface area (Å²) in [5.74, 6) is -4.09. The van der Waals surface area contributed by atoms with Crippen molar-refractivity contribution in [2.45, 2.75) is 91.6 Å². The highest BCUT2D eigenvalue weighted by atomic mass is 127. The Kier molecular flexibility index (Phi) is 48.9. The molecule has 4 atom stereocenters. The average Bonchev–Trinajstić information content (AvgIpc) is 0.791. The van der Waals surface area contributed by atoms with Gasteiger partial charge in [-0.25, -0.2) is 0 Å². The fourth-order valence-electron chi connectivity index (χ4n) is 7.49. The number of anilines is 4. The number of nitrogens with two attached hydrogens (primary N) is 1. The van der Waals surface area contributed by atoms with Gasteiger partial charge in [-0.3, -0.25) is 62.3 Å². The van der Waals surface area contributed by atoms with Gasteiger partial charge in [0.1, 0.15) is 6.61 Å². The lowest BCUT2D eigenvalue weighted by Crippen LogP contribution is -2.38. The molecule has 0 fully saturated rings. The van der Waals surface area contributed by atoms with Gasteiger partial charge in [0.2, 0.25) is 17.7 Å². The standard InChI is InChI=1S/C19H26I3N3O6.C18H18ClI3N2O7.C14H14ClI3N2O5.C8H2Cl2I3NO2/c1-4-9(27)6-23-18(30)12-14(20)13(19(31)25(3)7-10(28)8-26)16(22)17(15(12)21)24-11(29)5-2;1-4-10(27)24-16-14(21)11(17(19)28)13(20)12(15(16)22)18(29)23-5-9(31-8(3)26)6-30-7(2)25;1-2-6(23)20-12-10(17)7(13(15)24)9(16)8(11(12)18)14(25)19-3-5(22)4-21;9-7(15)1-3(11)2(8(10)16)5(13)6(14)4(1)12/h9-10,26-28H,4-8H2,1-3H3,(H,23,30)(H,24,29);9H,4-6H2,1-3H3,(H,23,29)(H,24,27);5,21-22H,2-4H2,1H3,(H,19,25)(H,20,23);14H2. The van der Waals surface area contributed by atoms with Gasteiger partial charge in [-0.1, -0.05) is 27.7 Å². The number of amides is 7. The van der Waals surface area contributed by atoms with Gasteiger partial charge in [0.05, 0.1) is 134 Å². The van der Waals surface area contributed by atoms with Crippen molar-refractivity contribution in [3.63, 3.8) is 0 Å². The first kappa shape index (κ1) is 101. The Morgan fingerprint density at radius 1 is 0.427 bits per heavy atom. The fraction of sp³-hybridized carbons (Fsp3) is 0.373. The minimum absolute atomic E-state index is 0.0516. The Morgan fingerprint density at radius 2 is 0.718 bits per heavy atom. The van der Waals surface area contributed by atoms with Crippen LogP contribution in [0.3, 0.4) is 0 Å². The van der Waals surface area contributed by atoms with Crippen LogP contribution in [0.25, 0.3) is 0 Å². The van der Waals surface area contributed by atoms with E-state index in [0.29, 0.717) is 72.0 Å². The first-order chi connectivity index (χ1) is 47.8. The maximum atomic E-state index is 13.2. The van der Waals surface area contributed by atoms with Gasteiger partial charge in [-0.15, -0.1) is 0 Å². The molecule has 0 spiro atoms. The molecule has 0 aliphatic heterocycles. The molecule has 7 amide bonds.